The molecule has 2 aromatic heterocycles. The number of alkyl carbamates (subject to hydrolysis) is 1. The van der Waals surface area contributed by atoms with Crippen LogP contribution in [-0.4, -0.2) is 86.0 Å². The number of carbonyl (C=O) groups is 3. The molecule has 4 saturated heterocycles. The predicted octanol–water partition coefficient (Wildman–Crippen LogP) is 12.3. The van der Waals surface area contributed by atoms with Gasteiger partial charge in [0.2, 0.25) is 11.8 Å². The zero-order chi connectivity index (χ0) is 52.5. The minimum atomic E-state index is -0.751. The minimum absolute atomic E-state index is 0.0254. The summed E-state index contributed by atoms with van der Waals surface area (Å²) in [5, 5.41) is 2.81. The van der Waals surface area contributed by atoms with Crippen molar-refractivity contribution in [2.75, 3.05) is 30.0 Å². The first-order valence-electron chi connectivity index (χ1n) is 28.2. The number of amides is 3. The molecule has 4 aromatic carbocycles. The Morgan fingerprint density at radius 3 is 1.76 bits per heavy atom. The lowest BCUT2D eigenvalue weighted by atomic mass is 9.89. The smallest absolute Gasteiger partial charge is 0.407 e. The highest BCUT2D eigenvalue weighted by Gasteiger charge is 2.50. The Kier molecular flexibility index (Phi) is 13.5. The molecule has 4 aliphatic heterocycles. The van der Waals surface area contributed by atoms with E-state index in [0.717, 1.165) is 103 Å². The van der Waals surface area contributed by atoms with Crippen LogP contribution in [0.4, 0.5) is 25.0 Å². The van der Waals surface area contributed by atoms with Crippen LogP contribution in [0.2, 0.25) is 0 Å². The Morgan fingerprint density at radius 2 is 1.22 bits per heavy atom. The molecule has 3 N–H and O–H groups in total. The third-order valence-corrected chi connectivity index (χ3v) is 18.3. The fraction of sp³-hybridized carbons (Fsp3) is 0.508. The van der Waals surface area contributed by atoms with Gasteiger partial charge >= 0.3 is 6.09 Å². The number of ether oxygens (including phenoxy) is 1. The summed E-state index contributed by atoms with van der Waals surface area (Å²) in [6.45, 7) is 9.06. The number of methoxy groups -OCH3 is 1. The maximum atomic E-state index is 16.9. The van der Waals surface area contributed by atoms with E-state index >= 15 is 8.78 Å². The van der Waals surface area contributed by atoms with E-state index in [2.05, 4.69) is 67.5 Å². The van der Waals surface area contributed by atoms with Gasteiger partial charge in [0.25, 0.3) is 0 Å². The number of hydrogen-bond donors (Lipinski definition) is 3. The summed E-state index contributed by atoms with van der Waals surface area (Å²) >= 11 is 0. The van der Waals surface area contributed by atoms with E-state index in [-0.39, 0.29) is 65.6 Å². The molecule has 399 valence electrons. The average molecular weight is 1030 g/mol. The lowest BCUT2D eigenvalue weighted by molar-refractivity contribution is -0.138. The van der Waals surface area contributed by atoms with Gasteiger partial charge in [-0.25, -0.2) is 23.5 Å². The Labute approximate surface area is 444 Å². The highest BCUT2D eigenvalue weighted by Crippen LogP contribution is 2.52. The average Bonchev–Trinajstić information content (AvgIpc) is 4.29. The number of likely N-dealkylation sites (tertiary alicyclic amines) is 2. The van der Waals surface area contributed by atoms with Gasteiger partial charge in [-0.2, -0.15) is 0 Å². The Balaban J connectivity index is 0.876. The molecule has 12 rings (SSSR count). The number of rotatable bonds is 12. The zero-order valence-electron chi connectivity index (χ0n) is 44.5. The SMILES string of the molecule is COC(=O)N[C@H](C(=O)N1[C@H](c2nc3cc([C@H]4CC[C@H](c5ccc6[nH]c([C@@H]7C[C@@H]8CCC[C@@H]8N7C(=O)[CH]C(C)C)nc6c5)N4c4cc(F)c(N5CCC(c6ccccc6)CC5)c(F)c4)ccc3[nH]2)C[C@@H]2CCC[C@@H]21)C(C)C. The third-order valence-electron chi connectivity index (χ3n) is 18.3. The fourth-order valence-corrected chi connectivity index (χ4v) is 14.7. The largest absolute Gasteiger partial charge is 0.453 e. The van der Waals surface area contributed by atoms with Crippen molar-refractivity contribution < 1.29 is 27.9 Å². The number of carbonyl (C=O) groups excluding carboxylic acids is 3. The van der Waals surface area contributed by atoms with Crippen molar-refractivity contribution in [3.63, 3.8) is 0 Å². The number of halogens is 2. The van der Waals surface area contributed by atoms with Crippen molar-refractivity contribution in [2.24, 2.45) is 23.7 Å². The molecule has 2 saturated carbocycles. The van der Waals surface area contributed by atoms with Crippen LogP contribution in [0.1, 0.15) is 163 Å². The van der Waals surface area contributed by atoms with Crippen molar-refractivity contribution in [1.82, 2.24) is 35.1 Å². The number of piperidine rings is 1. The number of imidazole rings is 2. The molecule has 0 bridgehead atoms. The summed E-state index contributed by atoms with van der Waals surface area (Å²) in [5.74, 6) is 1.44. The van der Waals surface area contributed by atoms with Crippen LogP contribution in [0.25, 0.3) is 22.1 Å². The number of aromatic nitrogens is 4. The first kappa shape index (κ1) is 50.3. The van der Waals surface area contributed by atoms with E-state index in [4.69, 9.17) is 14.7 Å². The number of fused-ring (bicyclic) bond motifs is 4. The summed E-state index contributed by atoms with van der Waals surface area (Å²) in [6.07, 6.45) is 12.2. The van der Waals surface area contributed by atoms with E-state index in [0.29, 0.717) is 55.2 Å². The molecule has 15 heteroatoms. The number of nitrogens with one attached hydrogen (secondary N) is 3. The molecule has 0 spiro atoms. The van der Waals surface area contributed by atoms with Gasteiger partial charge in [0.1, 0.15) is 23.4 Å². The molecule has 76 heavy (non-hydrogen) atoms. The quantitative estimate of drug-likeness (QED) is 0.110. The van der Waals surface area contributed by atoms with Gasteiger partial charge in [0.05, 0.1) is 59.8 Å². The van der Waals surface area contributed by atoms with Crippen molar-refractivity contribution in [3.05, 3.63) is 125 Å². The monoisotopic (exact) mass is 1030 g/mol. The molecule has 6 aliphatic rings. The van der Waals surface area contributed by atoms with Gasteiger partial charge in [0.15, 0.2) is 11.6 Å². The van der Waals surface area contributed by atoms with E-state index in [1.165, 1.54) is 24.8 Å². The Morgan fingerprint density at radius 1 is 0.671 bits per heavy atom. The molecule has 6 heterocycles. The van der Waals surface area contributed by atoms with Crippen LogP contribution >= 0.6 is 0 Å². The van der Waals surface area contributed by atoms with E-state index in [1.54, 1.807) is 0 Å². The minimum Gasteiger partial charge on any atom is -0.453 e. The highest BCUT2D eigenvalue weighted by atomic mass is 19.1. The number of benzene rings is 4. The van der Waals surface area contributed by atoms with Crippen molar-refractivity contribution in [1.29, 1.82) is 0 Å². The summed E-state index contributed by atoms with van der Waals surface area (Å²) < 4.78 is 38.8. The van der Waals surface area contributed by atoms with Crippen LogP contribution in [0, 0.1) is 41.7 Å². The van der Waals surface area contributed by atoms with Gasteiger partial charge in [-0.3, -0.25) is 9.59 Å². The number of aromatic amines is 2. The number of nitrogens with zero attached hydrogens (tertiary/aromatic N) is 6. The second-order valence-corrected chi connectivity index (χ2v) is 23.5. The van der Waals surface area contributed by atoms with E-state index < -0.39 is 23.8 Å². The number of H-pyrrole nitrogens is 2. The molecular formula is C61H72F2N9O4. The topological polar surface area (TPSA) is 143 Å². The van der Waals surface area contributed by atoms with Gasteiger partial charge in [-0.05, 0) is 147 Å². The second-order valence-electron chi connectivity index (χ2n) is 23.5. The van der Waals surface area contributed by atoms with Gasteiger partial charge in [-0.1, -0.05) is 83.0 Å². The van der Waals surface area contributed by atoms with Crippen LogP contribution in [0.3, 0.4) is 0 Å². The molecule has 6 fully saturated rings. The van der Waals surface area contributed by atoms with Gasteiger partial charge in [0, 0.05) is 30.9 Å². The molecule has 13 nitrogen and oxygen atoms in total. The standard InChI is InChI=1S/C61H72F2N9O4/c1-34(2)27-55(73)71-49-15-9-13-38(49)30-53(71)58-64-45-19-17-40(28-47(45)66-58)51-21-22-52(70(51)42-32-43(62)57(44(63)33-42)69-25-23-37(24-26-69)36-11-7-6-8-12-36)41-18-20-46-48(29-41)67-59(65-46)54-31-39-14-10-16-50(39)72(54)60(74)56(35(3)4)68-61(75)76-5/h6-8,11-12,17-20,27-29,32-35,37-39,49-54,56H,9-10,13-16,21-26,30-31H2,1-5H3,(H,64,66)(H,65,67)(H,68,75)/t38-,39-,49-,50-,51+,52+,53-,54-,56-/m0/s1. The van der Waals surface area contributed by atoms with E-state index in [9.17, 15) is 14.4 Å². The first-order chi connectivity index (χ1) is 36.8. The molecule has 3 amide bonds. The van der Waals surface area contributed by atoms with E-state index in [1.807, 2.05) is 68.2 Å². The maximum absolute atomic E-state index is 16.9. The summed E-state index contributed by atoms with van der Waals surface area (Å²) in [4.78, 5) is 66.6. The van der Waals surface area contributed by atoms with Crippen LogP contribution in [0.5, 0.6) is 0 Å². The molecule has 9 atom stereocenters. The lowest BCUT2D eigenvalue weighted by Gasteiger charge is -2.36. The molecule has 6 aromatic rings. The summed E-state index contributed by atoms with van der Waals surface area (Å²) in [6, 6.07) is 24.5. The van der Waals surface area contributed by atoms with Crippen molar-refractivity contribution in [3.8, 4) is 0 Å². The molecule has 2 aliphatic carbocycles. The number of hydrogen-bond acceptors (Lipinski definition) is 8. The van der Waals surface area contributed by atoms with Crippen molar-refractivity contribution in [2.45, 2.75) is 153 Å². The Hall–Kier alpha value is -6.51. The van der Waals surface area contributed by atoms with Crippen LogP contribution in [0.15, 0.2) is 78.9 Å². The maximum Gasteiger partial charge on any atom is 0.407 e. The second kappa shape index (κ2) is 20.5. The first-order valence-corrected chi connectivity index (χ1v) is 28.2. The molecule has 1 radical (unpaired) electrons. The predicted molar refractivity (Wildman–Crippen MR) is 290 cm³/mol. The zero-order valence-corrected chi connectivity index (χ0v) is 44.5. The Bertz CT molecular complexity index is 3110. The summed E-state index contributed by atoms with van der Waals surface area (Å²) in [7, 11) is 1.31. The number of anilines is 2. The summed E-state index contributed by atoms with van der Waals surface area (Å²) in [5.41, 5.74) is 6.99. The molecular weight excluding hydrogens is 961 g/mol. The van der Waals surface area contributed by atoms with Crippen molar-refractivity contribution >= 4 is 51.3 Å². The normalized spacial score (nSPS) is 26.1. The van der Waals surface area contributed by atoms with Crippen LogP contribution in [-0.2, 0) is 14.3 Å². The van der Waals surface area contributed by atoms with Crippen LogP contribution < -0.4 is 15.1 Å². The van der Waals surface area contributed by atoms with Gasteiger partial charge in [-0.15, -0.1) is 0 Å². The fourth-order valence-electron chi connectivity index (χ4n) is 14.7. The molecule has 0 unspecified atom stereocenters. The van der Waals surface area contributed by atoms with Gasteiger partial charge < -0.3 is 39.6 Å². The highest BCUT2D eigenvalue weighted by molar-refractivity contribution is 5.88. The lowest BCUT2D eigenvalue weighted by Crippen LogP contribution is -2.53. The third kappa shape index (κ3) is 9.16.